The number of ether oxygens (including phenoxy) is 1. The number of nitrogens with zero attached hydrogens (tertiary/aromatic N) is 1. The second-order valence-corrected chi connectivity index (χ2v) is 7.49. The van der Waals surface area contributed by atoms with Crippen LogP contribution in [0.1, 0.15) is 39.2 Å². The second kappa shape index (κ2) is 8.47. The predicted octanol–water partition coefficient (Wildman–Crippen LogP) is 3.33. The normalized spacial score (nSPS) is 22.3. The van der Waals surface area contributed by atoms with Crippen LogP contribution >= 0.6 is 0 Å². The maximum absolute atomic E-state index is 12.9. The third kappa shape index (κ3) is 5.48. The molecule has 0 spiro atoms. The van der Waals surface area contributed by atoms with E-state index in [4.69, 9.17) is 4.74 Å². The van der Waals surface area contributed by atoms with E-state index in [-0.39, 0.29) is 17.3 Å². The van der Waals surface area contributed by atoms with Crippen LogP contribution in [0.15, 0.2) is 29.3 Å². The Kier molecular flexibility index (Phi) is 6.60. The van der Waals surface area contributed by atoms with Crippen LogP contribution in [0.2, 0.25) is 0 Å². The number of aliphatic imine (C=N–C) groups is 1. The van der Waals surface area contributed by atoms with Gasteiger partial charge in [-0.15, -0.1) is 0 Å². The highest BCUT2D eigenvalue weighted by molar-refractivity contribution is 5.79. The van der Waals surface area contributed by atoms with Crippen LogP contribution in [0.25, 0.3) is 0 Å². The number of halogens is 1. The minimum absolute atomic E-state index is 0.137. The molecule has 2 rings (SSSR count). The van der Waals surface area contributed by atoms with Gasteiger partial charge in [0, 0.05) is 32.7 Å². The van der Waals surface area contributed by atoms with Crippen molar-refractivity contribution in [3.05, 3.63) is 35.6 Å². The second-order valence-electron chi connectivity index (χ2n) is 7.49. The third-order valence-corrected chi connectivity index (χ3v) is 4.43. The van der Waals surface area contributed by atoms with Crippen molar-refractivity contribution in [3.8, 4) is 0 Å². The zero-order chi connectivity index (χ0) is 17.6. The van der Waals surface area contributed by atoms with E-state index in [1.54, 1.807) is 19.2 Å². The maximum Gasteiger partial charge on any atom is 0.191 e. The molecule has 0 bridgehead atoms. The van der Waals surface area contributed by atoms with E-state index in [1.807, 2.05) is 0 Å². The molecule has 0 aliphatic carbocycles. The Labute approximate surface area is 144 Å². The van der Waals surface area contributed by atoms with Crippen LogP contribution in [0.5, 0.6) is 0 Å². The number of rotatable bonds is 4. The summed E-state index contributed by atoms with van der Waals surface area (Å²) in [6, 6.07) is 6.50. The van der Waals surface area contributed by atoms with Crippen molar-refractivity contribution in [1.82, 2.24) is 10.6 Å². The van der Waals surface area contributed by atoms with Gasteiger partial charge >= 0.3 is 0 Å². The molecule has 0 amide bonds. The van der Waals surface area contributed by atoms with Crippen molar-refractivity contribution in [2.24, 2.45) is 16.3 Å². The summed E-state index contributed by atoms with van der Waals surface area (Å²) in [5, 5.41) is 6.68. The first kappa shape index (κ1) is 18.7. The molecule has 2 N–H and O–H groups in total. The number of hydrogen-bond donors (Lipinski definition) is 2. The first-order chi connectivity index (χ1) is 11.4. The standard InChI is InChI=1S/C19H30FN3O/c1-19(2,3)17-15(6-5-11-24-17)13-23-18(21-4)22-12-14-7-9-16(20)10-8-14/h7-10,15,17H,5-6,11-13H2,1-4H3,(H2,21,22,23). The highest BCUT2D eigenvalue weighted by Crippen LogP contribution is 2.33. The molecule has 1 aliphatic rings. The molecule has 0 aromatic heterocycles. The molecule has 1 aliphatic heterocycles. The summed E-state index contributed by atoms with van der Waals surface area (Å²) in [6.45, 7) is 9.01. The molecule has 5 heteroatoms. The summed E-state index contributed by atoms with van der Waals surface area (Å²) in [7, 11) is 1.76. The van der Waals surface area contributed by atoms with Gasteiger partial charge in [0.05, 0.1) is 6.10 Å². The van der Waals surface area contributed by atoms with Crippen LogP contribution in [0, 0.1) is 17.2 Å². The Morgan fingerprint density at radius 2 is 1.96 bits per heavy atom. The summed E-state index contributed by atoms with van der Waals surface area (Å²) < 4.78 is 19.0. The molecule has 1 saturated heterocycles. The van der Waals surface area contributed by atoms with Crippen molar-refractivity contribution in [2.45, 2.75) is 46.3 Å². The SMILES string of the molecule is CN=C(NCc1ccc(F)cc1)NCC1CCCOC1C(C)(C)C. The average molecular weight is 335 g/mol. The number of nitrogens with one attached hydrogen (secondary N) is 2. The zero-order valence-electron chi connectivity index (χ0n) is 15.2. The molecule has 1 fully saturated rings. The van der Waals surface area contributed by atoms with Gasteiger partial charge in [-0.1, -0.05) is 32.9 Å². The largest absolute Gasteiger partial charge is 0.377 e. The molecule has 0 saturated carbocycles. The molecule has 4 nitrogen and oxygen atoms in total. The summed E-state index contributed by atoms with van der Waals surface area (Å²) >= 11 is 0. The van der Waals surface area contributed by atoms with Crippen LogP contribution in [0.3, 0.4) is 0 Å². The smallest absolute Gasteiger partial charge is 0.191 e. The molecular formula is C19H30FN3O. The van der Waals surface area contributed by atoms with E-state index < -0.39 is 0 Å². The number of guanidine groups is 1. The Balaban J connectivity index is 1.85. The molecule has 1 aromatic rings. The van der Waals surface area contributed by atoms with Crippen LogP contribution in [-0.2, 0) is 11.3 Å². The lowest BCUT2D eigenvalue weighted by Gasteiger charge is -2.40. The minimum Gasteiger partial charge on any atom is -0.377 e. The Hall–Kier alpha value is -1.62. The fourth-order valence-electron chi connectivity index (χ4n) is 3.25. The molecule has 134 valence electrons. The Morgan fingerprint density at radius 3 is 2.58 bits per heavy atom. The van der Waals surface area contributed by atoms with Gasteiger partial charge in [-0.05, 0) is 36.0 Å². The van der Waals surface area contributed by atoms with E-state index in [0.717, 1.165) is 31.1 Å². The lowest BCUT2D eigenvalue weighted by molar-refractivity contribution is -0.0835. The number of benzene rings is 1. The van der Waals surface area contributed by atoms with Crippen molar-refractivity contribution < 1.29 is 9.13 Å². The van der Waals surface area contributed by atoms with E-state index >= 15 is 0 Å². The lowest BCUT2D eigenvalue weighted by Crippen LogP contribution is -2.47. The molecule has 2 unspecified atom stereocenters. The first-order valence-electron chi connectivity index (χ1n) is 8.70. The van der Waals surface area contributed by atoms with Crippen molar-refractivity contribution in [2.75, 3.05) is 20.2 Å². The van der Waals surface area contributed by atoms with Gasteiger partial charge in [-0.2, -0.15) is 0 Å². The van der Waals surface area contributed by atoms with Gasteiger partial charge in [0.1, 0.15) is 5.82 Å². The molecule has 1 heterocycles. The van der Waals surface area contributed by atoms with Crippen LogP contribution in [0.4, 0.5) is 4.39 Å². The quantitative estimate of drug-likeness (QED) is 0.655. The van der Waals surface area contributed by atoms with Crippen molar-refractivity contribution in [3.63, 3.8) is 0 Å². The molecule has 0 radical (unpaired) electrons. The monoisotopic (exact) mass is 335 g/mol. The van der Waals surface area contributed by atoms with Crippen LogP contribution in [-0.4, -0.2) is 32.3 Å². The van der Waals surface area contributed by atoms with Gasteiger partial charge in [-0.25, -0.2) is 4.39 Å². The fourth-order valence-corrected chi connectivity index (χ4v) is 3.25. The van der Waals surface area contributed by atoms with Crippen LogP contribution < -0.4 is 10.6 Å². The minimum atomic E-state index is -0.216. The van der Waals surface area contributed by atoms with Crippen molar-refractivity contribution >= 4 is 5.96 Å². The van der Waals surface area contributed by atoms with Crippen molar-refractivity contribution in [1.29, 1.82) is 0 Å². The van der Waals surface area contributed by atoms with Gasteiger partial charge in [0.15, 0.2) is 5.96 Å². The highest BCUT2D eigenvalue weighted by Gasteiger charge is 2.35. The summed E-state index contributed by atoms with van der Waals surface area (Å²) in [5.41, 5.74) is 1.16. The van der Waals surface area contributed by atoms with Gasteiger partial charge in [0.2, 0.25) is 0 Å². The first-order valence-corrected chi connectivity index (χ1v) is 8.70. The zero-order valence-corrected chi connectivity index (χ0v) is 15.2. The summed E-state index contributed by atoms with van der Waals surface area (Å²) in [4.78, 5) is 4.27. The van der Waals surface area contributed by atoms with Gasteiger partial charge < -0.3 is 15.4 Å². The molecule has 2 atom stereocenters. The van der Waals surface area contributed by atoms with E-state index in [1.165, 1.54) is 18.6 Å². The van der Waals surface area contributed by atoms with Gasteiger partial charge in [0.25, 0.3) is 0 Å². The maximum atomic E-state index is 12.9. The highest BCUT2D eigenvalue weighted by atomic mass is 19.1. The number of hydrogen-bond acceptors (Lipinski definition) is 2. The molecule has 24 heavy (non-hydrogen) atoms. The molecule has 1 aromatic carbocycles. The molecular weight excluding hydrogens is 305 g/mol. The van der Waals surface area contributed by atoms with E-state index in [9.17, 15) is 4.39 Å². The van der Waals surface area contributed by atoms with Gasteiger partial charge in [-0.3, -0.25) is 4.99 Å². The Morgan fingerprint density at radius 1 is 1.25 bits per heavy atom. The average Bonchev–Trinajstić information content (AvgIpc) is 2.56. The Bertz CT molecular complexity index is 537. The summed E-state index contributed by atoms with van der Waals surface area (Å²) in [6.07, 6.45) is 2.54. The summed E-state index contributed by atoms with van der Waals surface area (Å²) in [5.74, 6) is 1.02. The van der Waals surface area contributed by atoms with E-state index in [2.05, 4.69) is 36.4 Å². The van der Waals surface area contributed by atoms with E-state index in [0.29, 0.717) is 12.5 Å². The topological polar surface area (TPSA) is 45.7 Å². The third-order valence-electron chi connectivity index (χ3n) is 4.43. The fraction of sp³-hybridized carbons (Fsp3) is 0.632. The lowest BCUT2D eigenvalue weighted by atomic mass is 9.78. The predicted molar refractivity (Wildman–Crippen MR) is 96.5 cm³/mol.